The molecule has 94 valence electrons. The van der Waals surface area contributed by atoms with Crippen LogP contribution in [0.15, 0.2) is 24.3 Å². The lowest BCUT2D eigenvalue weighted by Gasteiger charge is -2.24. The van der Waals surface area contributed by atoms with E-state index >= 15 is 0 Å². The number of nitrogens with two attached hydrogens (primary N) is 1. The van der Waals surface area contributed by atoms with Crippen LogP contribution in [-0.2, 0) is 11.2 Å². The summed E-state index contributed by atoms with van der Waals surface area (Å²) in [5.41, 5.74) is 5.52. The van der Waals surface area contributed by atoms with Crippen LogP contribution in [0.5, 0.6) is 5.75 Å². The predicted molar refractivity (Wildman–Crippen MR) is 68.4 cm³/mol. The molecule has 2 N–H and O–H groups in total. The summed E-state index contributed by atoms with van der Waals surface area (Å²) in [7, 11) is 0. The number of ether oxygens (including phenoxy) is 1. The summed E-state index contributed by atoms with van der Waals surface area (Å²) >= 11 is -1.13. The van der Waals surface area contributed by atoms with Crippen molar-refractivity contribution in [3.05, 3.63) is 29.8 Å². The summed E-state index contributed by atoms with van der Waals surface area (Å²) < 4.78 is 16.8. The van der Waals surface area contributed by atoms with E-state index in [9.17, 15) is 9.35 Å². The van der Waals surface area contributed by atoms with E-state index in [0.717, 1.165) is 0 Å². The second kappa shape index (κ2) is 5.42. The molecule has 0 heterocycles. The lowest BCUT2D eigenvalue weighted by molar-refractivity contribution is 0.0997. The molecular formula is C12H17NO3S. The monoisotopic (exact) mass is 255 g/mol. The van der Waals surface area contributed by atoms with Gasteiger partial charge < -0.3 is 15.0 Å². The van der Waals surface area contributed by atoms with Crippen molar-refractivity contribution in [2.24, 2.45) is 5.73 Å². The molecule has 1 amide bonds. The Morgan fingerprint density at radius 3 is 2.53 bits per heavy atom. The Morgan fingerprint density at radius 1 is 1.41 bits per heavy atom. The zero-order valence-corrected chi connectivity index (χ0v) is 11.0. The molecule has 1 rings (SSSR count). The van der Waals surface area contributed by atoms with Crippen LogP contribution in [0.3, 0.4) is 0 Å². The second-order valence-electron chi connectivity index (χ2n) is 4.58. The Bertz CT molecular complexity index is 401. The molecule has 0 aliphatic rings. The van der Waals surface area contributed by atoms with E-state index in [1.165, 1.54) is 0 Å². The van der Waals surface area contributed by atoms with Gasteiger partial charge in [0.15, 0.2) is 0 Å². The van der Waals surface area contributed by atoms with Gasteiger partial charge in [0.2, 0.25) is 5.94 Å². The van der Waals surface area contributed by atoms with Crippen LogP contribution in [-0.4, -0.2) is 21.1 Å². The van der Waals surface area contributed by atoms with Crippen LogP contribution in [0.25, 0.3) is 0 Å². The molecule has 0 spiro atoms. The molecule has 0 aliphatic carbocycles. The normalized spacial score (nSPS) is 13.2. The molecule has 1 aromatic rings. The fourth-order valence-electron chi connectivity index (χ4n) is 1.09. The van der Waals surface area contributed by atoms with Gasteiger partial charge in [-0.1, -0.05) is 12.1 Å². The first-order valence-electron chi connectivity index (χ1n) is 5.22. The number of rotatable bonds is 4. The Kier molecular flexibility index (Phi) is 4.42. The topological polar surface area (TPSA) is 75.4 Å². The van der Waals surface area contributed by atoms with Gasteiger partial charge in [-0.25, -0.2) is 0 Å². The van der Waals surface area contributed by atoms with Gasteiger partial charge in [-0.3, -0.25) is 4.79 Å². The number of hydrogen-bond acceptors (Lipinski definition) is 3. The van der Waals surface area contributed by atoms with Crippen molar-refractivity contribution in [2.75, 3.05) is 5.94 Å². The van der Waals surface area contributed by atoms with Crippen LogP contribution in [0.2, 0.25) is 0 Å². The maximum Gasteiger partial charge on any atom is 0.252 e. The highest BCUT2D eigenvalue weighted by atomic mass is 32.2. The van der Waals surface area contributed by atoms with E-state index in [2.05, 4.69) is 0 Å². The van der Waals surface area contributed by atoms with Crippen molar-refractivity contribution in [1.29, 1.82) is 0 Å². The van der Waals surface area contributed by atoms with Gasteiger partial charge in [0.05, 0.1) is 5.56 Å². The number of para-hydroxylation sites is 1. The van der Waals surface area contributed by atoms with Crippen LogP contribution in [0.1, 0.15) is 31.1 Å². The van der Waals surface area contributed by atoms with Crippen LogP contribution in [0.4, 0.5) is 0 Å². The maximum atomic E-state index is 11.8. The van der Waals surface area contributed by atoms with E-state index in [0.29, 0.717) is 11.3 Å². The number of carbonyl (C=O) groups is 1. The van der Waals surface area contributed by atoms with E-state index < -0.39 is 17.1 Å². The molecule has 0 saturated heterocycles. The van der Waals surface area contributed by atoms with Crippen molar-refractivity contribution in [3.63, 3.8) is 0 Å². The first-order chi connectivity index (χ1) is 7.82. The highest BCUT2D eigenvalue weighted by Gasteiger charge is 2.26. The van der Waals surface area contributed by atoms with Crippen LogP contribution in [0, 0.1) is 0 Å². The highest BCUT2D eigenvalue weighted by molar-refractivity contribution is 7.92. The number of benzene rings is 1. The molecule has 1 atom stereocenters. The van der Waals surface area contributed by atoms with Gasteiger partial charge in [-0.15, -0.1) is 0 Å². The lowest BCUT2D eigenvalue weighted by atomic mass is 10.2. The molecule has 0 radical (unpaired) electrons. The predicted octanol–water partition coefficient (Wildman–Crippen LogP) is 1.67. The van der Waals surface area contributed by atoms with Crippen LogP contribution >= 0.6 is 0 Å². The summed E-state index contributed by atoms with van der Waals surface area (Å²) in [5, 5.41) is 0. The minimum atomic E-state index is -1.13. The molecule has 0 fully saturated rings. The number of primary amides is 1. The van der Waals surface area contributed by atoms with Crippen molar-refractivity contribution in [2.45, 2.75) is 25.5 Å². The van der Waals surface area contributed by atoms with E-state index in [1.54, 1.807) is 24.3 Å². The summed E-state index contributed by atoms with van der Waals surface area (Å²) in [6, 6.07) is 6.66. The first kappa shape index (κ1) is 13.9. The summed E-state index contributed by atoms with van der Waals surface area (Å²) in [6.45, 7) is 5.60. The SMILES string of the molecule is CC(C)(C)[S+]([O-])COc1ccccc1C(N)=O. The third-order valence-corrected chi connectivity index (χ3v) is 3.85. The number of amides is 1. The van der Waals surface area contributed by atoms with Gasteiger partial charge in [0.1, 0.15) is 10.5 Å². The van der Waals surface area contributed by atoms with Crippen molar-refractivity contribution in [1.82, 2.24) is 0 Å². The van der Waals surface area contributed by atoms with Gasteiger partial charge >= 0.3 is 0 Å². The molecule has 1 aromatic carbocycles. The number of carbonyl (C=O) groups excluding carboxylic acids is 1. The fourth-order valence-corrected chi connectivity index (χ4v) is 1.68. The van der Waals surface area contributed by atoms with Gasteiger partial charge in [-0.2, -0.15) is 0 Å². The smallest absolute Gasteiger partial charge is 0.252 e. The average molecular weight is 255 g/mol. The van der Waals surface area contributed by atoms with Crippen molar-refractivity contribution < 1.29 is 14.1 Å². The quantitative estimate of drug-likeness (QED) is 0.831. The Labute approximate surface area is 104 Å². The van der Waals surface area contributed by atoms with Crippen molar-refractivity contribution >= 4 is 17.1 Å². The standard InChI is InChI=1S/C12H17NO3S/c1-12(2,3)17(15)8-16-10-7-5-4-6-9(10)11(13)14/h4-7H,8H2,1-3H3,(H2,13,14). The molecule has 0 saturated carbocycles. The molecule has 5 heteroatoms. The molecule has 0 aromatic heterocycles. The lowest BCUT2D eigenvalue weighted by Crippen LogP contribution is -2.32. The minimum absolute atomic E-state index is 0.0494. The first-order valence-corrected chi connectivity index (χ1v) is 6.54. The summed E-state index contributed by atoms with van der Waals surface area (Å²) in [5.74, 6) is -0.131. The zero-order valence-electron chi connectivity index (χ0n) is 10.2. The summed E-state index contributed by atoms with van der Waals surface area (Å²) in [6.07, 6.45) is 0. The fraction of sp³-hybridized carbons (Fsp3) is 0.417. The third kappa shape index (κ3) is 3.94. The Morgan fingerprint density at radius 2 is 2.00 bits per heavy atom. The third-order valence-electron chi connectivity index (χ3n) is 2.16. The molecular weight excluding hydrogens is 238 g/mol. The largest absolute Gasteiger partial charge is 0.613 e. The van der Waals surface area contributed by atoms with E-state index in [-0.39, 0.29) is 10.7 Å². The highest BCUT2D eigenvalue weighted by Crippen LogP contribution is 2.21. The van der Waals surface area contributed by atoms with E-state index in [1.807, 2.05) is 20.8 Å². The van der Waals surface area contributed by atoms with Gasteiger partial charge in [-0.05, 0) is 44.1 Å². The minimum Gasteiger partial charge on any atom is -0.613 e. The molecule has 17 heavy (non-hydrogen) atoms. The Hall–Kier alpha value is -1.20. The van der Waals surface area contributed by atoms with E-state index in [4.69, 9.17) is 10.5 Å². The van der Waals surface area contributed by atoms with Gasteiger partial charge in [0.25, 0.3) is 5.91 Å². The van der Waals surface area contributed by atoms with Crippen LogP contribution < -0.4 is 10.5 Å². The van der Waals surface area contributed by atoms with Crippen molar-refractivity contribution in [3.8, 4) is 5.75 Å². The second-order valence-corrected chi connectivity index (χ2v) is 6.73. The summed E-state index contributed by atoms with van der Waals surface area (Å²) in [4.78, 5) is 11.1. The van der Waals surface area contributed by atoms with Gasteiger partial charge in [0, 0.05) is 0 Å². The Balaban J connectivity index is 2.73. The zero-order chi connectivity index (χ0) is 13.1. The maximum absolute atomic E-state index is 11.8. The average Bonchev–Trinajstić information content (AvgIpc) is 2.24. The molecule has 0 bridgehead atoms. The molecule has 4 nitrogen and oxygen atoms in total. The molecule has 0 aliphatic heterocycles. The molecule has 1 unspecified atom stereocenters. The number of hydrogen-bond donors (Lipinski definition) is 1.